The average molecular weight is 337 g/mol. The van der Waals surface area contributed by atoms with Gasteiger partial charge in [-0.1, -0.05) is 6.07 Å². The average Bonchev–Trinajstić information content (AvgIpc) is 2.95. The first-order valence-corrected chi connectivity index (χ1v) is 9.87. The third-order valence-electron chi connectivity index (χ3n) is 6.82. The fourth-order valence-corrected chi connectivity index (χ4v) is 6.35. The van der Waals surface area contributed by atoms with Gasteiger partial charge in [-0.25, -0.2) is 4.98 Å². The Labute approximate surface area is 149 Å². The predicted molar refractivity (Wildman–Crippen MR) is 97.1 cm³/mol. The second-order valence-electron chi connectivity index (χ2n) is 8.89. The van der Waals surface area contributed by atoms with E-state index in [0.717, 1.165) is 41.9 Å². The van der Waals surface area contributed by atoms with Crippen molar-refractivity contribution < 1.29 is 4.79 Å². The summed E-state index contributed by atoms with van der Waals surface area (Å²) in [5.74, 6) is 3.00. The van der Waals surface area contributed by atoms with Crippen LogP contribution < -0.4 is 5.32 Å². The highest BCUT2D eigenvalue weighted by atomic mass is 16.1. The minimum atomic E-state index is 0.255. The molecule has 0 radical (unpaired) electrons. The number of amides is 1. The maximum atomic E-state index is 12.6. The van der Waals surface area contributed by atoms with E-state index in [1.165, 1.54) is 38.5 Å². The first-order chi connectivity index (χ1) is 12.2. The number of fused-ring (bicyclic) bond motifs is 1. The molecule has 4 fully saturated rings. The maximum Gasteiger partial charge on any atom is 0.220 e. The molecule has 0 aliphatic heterocycles. The van der Waals surface area contributed by atoms with Gasteiger partial charge in [-0.15, -0.1) is 0 Å². The Balaban J connectivity index is 1.16. The Bertz CT molecular complexity index is 725. The Morgan fingerprint density at radius 2 is 1.88 bits per heavy atom. The summed E-state index contributed by atoms with van der Waals surface area (Å²) < 4.78 is 2.03. The minimum absolute atomic E-state index is 0.255. The molecule has 25 heavy (non-hydrogen) atoms. The van der Waals surface area contributed by atoms with Crippen molar-refractivity contribution in [3.05, 3.63) is 36.3 Å². The van der Waals surface area contributed by atoms with Crippen molar-refractivity contribution in [2.24, 2.45) is 23.2 Å². The lowest BCUT2D eigenvalue weighted by Gasteiger charge is -2.56. The molecule has 4 heteroatoms. The summed E-state index contributed by atoms with van der Waals surface area (Å²) >= 11 is 0. The van der Waals surface area contributed by atoms with Crippen LogP contribution in [0.15, 0.2) is 30.6 Å². The molecule has 0 spiro atoms. The maximum absolute atomic E-state index is 12.6. The number of imidazole rings is 1. The van der Waals surface area contributed by atoms with Crippen LogP contribution in [0, 0.1) is 23.2 Å². The third kappa shape index (κ3) is 2.96. The van der Waals surface area contributed by atoms with Gasteiger partial charge < -0.3 is 9.72 Å². The number of hydrogen-bond donors (Lipinski definition) is 1. The summed E-state index contributed by atoms with van der Waals surface area (Å²) in [6.07, 6.45) is 13.9. The number of aromatic nitrogens is 2. The van der Waals surface area contributed by atoms with E-state index in [4.69, 9.17) is 0 Å². The van der Waals surface area contributed by atoms with Crippen LogP contribution in [0.1, 0.15) is 50.6 Å². The van der Waals surface area contributed by atoms with Crippen molar-refractivity contribution in [2.75, 3.05) is 6.54 Å². The highest BCUT2D eigenvalue weighted by molar-refractivity contribution is 5.76. The van der Waals surface area contributed by atoms with Crippen molar-refractivity contribution in [3.63, 3.8) is 0 Å². The number of nitrogens with one attached hydrogen (secondary N) is 1. The molecule has 132 valence electrons. The monoisotopic (exact) mass is 337 g/mol. The standard InChI is InChI=1S/C21H27N3O/c25-20(13-21-10-15-7-16(11-21)9-17(8-15)12-21)22-5-4-18-14-24-6-2-1-3-19(24)23-18/h1-3,6,14-17H,4-5,7-13H2,(H,22,25). The molecule has 2 aromatic rings. The van der Waals surface area contributed by atoms with Gasteiger partial charge >= 0.3 is 0 Å². The van der Waals surface area contributed by atoms with Gasteiger partial charge in [0, 0.05) is 31.8 Å². The van der Waals surface area contributed by atoms with Gasteiger partial charge in [-0.05, 0) is 73.8 Å². The van der Waals surface area contributed by atoms with Crippen molar-refractivity contribution in [1.82, 2.24) is 14.7 Å². The Morgan fingerprint density at radius 1 is 1.16 bits per heavy atom. The first-order valence-electron chi connectivity index (χ1n) is 9.87. The van der Waals surface area contributed by atoms with Gasteiger partial charge in [-0.2, -0.15) is 0 Å². The third-order valence-corrected chi connectivity index (χ3v) is 6.82. The molecule has 2 aromatic heterocycles. The second kappa shape index (κ2) is 5.86. The van der Waals surface area contributed by atoms with Gasteiger partial charge in [-0.3, -0.25) is 4.79 Å². The molecule has 4 aliphatic rings. The lowest BCUT2D eigenvalue weighted by Crippen LogP contribution is -2.48. The molecule has 0 atom stereocenters. The van der Waals surface area contributed by atoms with Crippen molar-refractivity contribution in [2.45, 2.75) is 51.4 Å². The molecule has 0 unspecified atom stereocenters. The Hall–Kier alpha value is -1.84. The number of carbonyl (C=O) groups is 1. The van der Waals surface area contributed by atoms with Crippen molar-refractivity contribution in [3.8, 4) is 0 Å². The quantitative estimate of drug-likeness (QED) is 0.906. The number of hydrogen-bond acceptors (Lipinski definition) is 2. The fourth-order valence-electron chi connectivity index (χ4n) is 6.35. The van der Waals surface area contributed by atoms with Gasteiger partial charge in [0.2, 0.25) is 5.91 Å². The highest BCUT2D eigenvalue weighted by Gasteiger charge is 2.51. The summed E-state index contributed by atoms with van der Waals surface area (Å²) in [7, 11) is 0. The van der Waals surface area contributed by atoms with Crippen LogP contribution in [0.3, 0.4) is 0 Å². The van der Waals surface area contributed by atoms with Crippen molar-refractivity contribution >= 4 is 11.6 Å². The summed E-state index contributed by atoms with van der Waals surface area (Å²) in [4.78, 5) is 17.2. The molecule has 0 saturated heterocycles. The molecular weight excluding hydrogens is 310 g/mol. The Morgan fingerprint density at radius 3 is 2.56 bits per heavy atom. The van der Waals surface area contributed by atoms with E-state index in [0.29, 0.717) is 12.0 Å². The Kier molecular flexibility index (Phi) is 3.61. The van der Waals surface area contributed by atoms with E-state index in [9.17, 15) is 4.79 Å². The van der Waals surface area contributed by atoms with Crippen LogP contribution in [-0.4, -0.2) is 21.8 Å². The molecule has 1 N–H and O–H groups in total. The second-order valence-corrected chi connectivity index (χ2v) is 8.89. The first kappa shape index (κ1) is 15.4. The molecule has 4 saturated carbocycles. The predicted octanol–water partition coefficient (Wildman–Crippen LogP) is 3.60. The van der Waals surface area contributed by atoms with E-state index >= 15 is 0 Å². The topological polar surface area (TPSA) is 46.4 Å². The number of carbonyl (C=O) groups excluding carboxylic acids is 1. The molecule has 0 aromatic carbocycles. The fraction of sp³-hybridized carbons (Fsp3) is 0.619. The summed E-state index contributed by atoms with van der Waals surface area (Å²) in [5.41, 5.74) is 2.35. The van der Waals surface area contributed by atoms with Crippen LogP contribution >= 0.6 is 0 Å². The van der Waals surface area contributed by atoms with Crippen molar-refractivity contribution in [1.29, 1.82) is 0 Å². The molecule has 2 heterocycles. The molecule has 1 amide bonds. The van der Waals surface area contributed by atoms with Crippen LogP contribution in [0.2, 0.25) is 0 Å². The molecule has 4 aliphatic carbocycles. The number of pyridine rings is 1. The number of rotatable bonds is 5. The molecule has 4 nitrogen and oxygen atoms in total. The zero-order chi connectivity index (χ0) is 16.9. The smallest absolute Gasteiger partial charge is 0.220 e. The largest absolute Gasteiger partial charge is 0.356 e. The van der Waals surface area contributed by atoms with Crippen LogP contribution in [0.4, 0.5) is 0 Å². The summed E-state index contributed by atoms with van der Waals surface area (Å²) in [5, 5.41) is 3.16. The highest BCUT2D eigenvalue weighted by Crippen LogP contribution is 2.61. The summed E-state index contributed by atoms with van der Waals surface area (Å²) in [6, 6.07) is 6.01. The van der Waals surface area contributed by atoms with E-state index in [2.05, 4.69) is 16.5 Å². The molecule has 6 rings (SSSR count). The van der Waals surface area contributed by atoms with Crippen LogP contribution in [-0.2, 0) is 11.2 Å². The van der Waals surface area contributed by atoms with Gasteiger partial charge in [0.1, 0.15) is 5.65 Å². The van der Waals surface area contributed by atoms with Gasteiger partial charge in [0.15, 0.2) is 0 Å². The lowest BCUT2D eigenvalue weighted by atomic mass is 9.49. The zero-order valence-electron chi connectivity index (χ0n) is 14.8. The molecule has 4 bridgehead atoms. The van der Waals surface area contributed by atoms with Gasteiger partial charge in [0.25, 0.3) is 0 Å². The van der Waals surface area contributed by atoms with Gasteiger partial charge in [0.05, 0.1) is 5.69 Å². The van der Waals surface area contributed by atoms with E-state index in [-0.39, 0.29) is 5.91 Å². The number of nitrogens with zero attached hydrogens (tertiary/aromatic N) is 2. The van der Waals surface area contributed by atoms with E-state index < -0.39 is 0 Å². The zero-order valence-corrected chi connectivity index (χ0v) is 14.8. The van der Waals surface area contributed by atoms with E-state index in [1.54, 1.807) is 0 Å². The summed E-state index contributed by atoms with van der Waals surface area (Å²) in [6.45, 7) is 0.690. The van der Waals surface area contributed by atoms with E-state index in [1.807, 2.05) is 28.8 Å². The minimum Gasteiger partial charge on any atom is -0.356 e. The molecular formula is C21H27N3O. The normalized spacial score (nSPS) is 33.0. The van der Waals surface area contributed by atoms with Crippen LogP contribution in [0.5, 0.6) is 0 Å². The van der Waals surface area contributed by atoms with Crippen LogP contribution in [0.25, 0.3) is 5.65 Å². The lowest BCUT2D eigenvalue weighted by molar-refractivity contribution is -0.129. The SMILES string of the molecule is O=C(CC12CC3CC(CC(C3)C1)C2)NCCc1cn2ccccc2n1.